The van der Waals surface area contributed by atoms with Crippen LogP contribution in [0.2, 0.25) is 0 Å². The summed E-state index contributed by atoms with van der Waals surface area (Å²) in [6.07, 6.45) is 6.90. The van der Waals surface area contributed by atoms with E-state index in [-0.39, 0.29) is 36.8 Å². The number of methoxy groups -OCH3 is 1. The molecule has 1 N–H and O–H groups in total. The van der Waals surface area contributed by atoms with Crippen molar-refractivity contribution >= 4 is 24.2 Å². The van der Waals surface area contributed by atoms with Gasteiger partial charge in [0.25, 0.3) is 0 Å². The molecule has 2 atom stereocenters. The number of carbonyl (C=O) groups excluding carboxylic acids is 2. The summed E-state index contributed by atoms with van der Waals surface area (Å²) in [5, 5.41) is 2.71. The van der Waals surface area contributed by atoms with Gasteiger partial charge in [-0.05, 0) is 30.5 Å². The van der Waals surface area contributed by atoms with Gasteiger partial charge in [-0.25, -0.2) is 0 Å². The number of likely N-dealkylation sites (N-methyl/N-ethyl adjacent to an activating group) is 2. The lowest BCUT2D eigenvalue weighted by Gasteiger charge is -2.33. The number of ether oxygens (including phenoxy) is 1. The van der Waals surface area contributed by atoms with E-state index in [1.165, 1.54) is 4.90 Å². The van der Waals surface area contributed by atoms with Crippen molar-refractivity contribution in [3.05, 3.63) is 29.8 Å². The average molecular weight is 380 g/mol. The molecule has 7 heteroatoms. The Balaban J connectivity index is 0.00000338. The minimum atomic E-state index is -0.522. The largest absolute Gasteiger partial charge is 0.497 e. The van der Waals surface area contributed by atoms with Gasteiger partial charge in [-0.15, -0.1) is 18.8 Å². The molecule has 142 valence electrons. The van der Waals surface area contributed by atoms with Crippen LogP contribution in [-0.4, -0.2) is 62.0 Å². The third-order valence-corrected chi connectivity index (χ3v) is 4.54. The summed E-state index contributed by atoms with van der Waals surface area (Å²) in [6, 6.07) is 6.51. The number of terminal acetylenes is 1. The molecule has 2 amide bonds. The van der Waals surface area contributed by atoms with E-state index in [1.807, 2.05) is 29.2 Å². The monoisotopic (exact) mass is 379 g/mol. The van der Waals surface area contributed by atoms with Crippen molar-refractivity contribution in [1.82, 2.24) is 15.1 Å². The molecule has 0 bridgehead atoms. The zero-order valence-corrected chi connectivity index (χ0v) is 16.2. The van der Waals surface area contributed by atoms with Crippen LogP contribution in [0.5, 0.6) is 5.75 Å². The molecular formula is C19H26ClN3O3. The second-order valence-corrected chi connectivity index (χ2v) is 6.08. The molecule has 1 aromatic carbocycles. The Morgan fingerprint density at radius 2 is 2.08 bits per heavy atom. The average Bonchev–Trinajstić information content (AvgIpc) is 3.11. The number of rotatable bonds is 6. The van der Waals surface area contributed by atoms with Crippen LogP contribution in [0.15, 0.2) is 24.3 Å². The van der Waals surface area contributed by atoms with E-state index in [4.69, 9.17) is 11.2 Å². The predicted octanol–water partition coefficient (Wildman–Crippen LogP) is 1.46. The fourth-order valence-electron chi connectivity index (χ4n) is 3.25. The van der Waals surface area contributed by atoms with Crippen LogP contribution >= 0.6 is 12.4 Å². The molecule has 1 heterocycles. The number of hydrogen-bond donors (Lipinski definition) is 1. The van der Waals surface area contributed by atoms with Gasteiger partial charge in [-0.3, -0.25) is 14.5 Å². The van der Waals surface area contributed by atoms with Crippen LogP contribution in [0, 0.1) is 12.3 Å². The third kappa shape index (κ3) is 4.69. The summed E-state index contributed by atoms with van der Waals surface area (Å²) >= 11 is 0. The lowest BCUT2D eigenvalue weighted by molar-refractivity contribution is -0.137. The second kappa shape index (κ2) is 10.0. The van der Waals surface area contributed by atoms with Gasteiger partial charge in [-0.1, -0.05) is 18.1 Å². The quantitative estimate of drug-likeness (QED) is 0.760. The highest BCUT2D eigenvalue weighted by Crippen LogP contribution is 2.31. The number of nitrogens with one attached hydrogen (secondary N) is 1. The molecule has 0 saturated carbocycles. The predicted molar refractivity (Wildman–Crippen MR) is 103 cm³/mol. The molecule has 0 radical (unpaired) electrons. The zero-order chi connectivity index (χ0) is 18.4. The van der Waals surface area contributed by atoms with Gasteiger partial charge < -0.3 is 15.0 Å². The highest BCUT2D eigenvalue weighted by atomic mass is 35.5. The molecule has 1 aliphatic heterocycles. The SMILES string of the molecule is C#CCN(C)C(=O)[C@@H]1CCCN1[C@@H](C(=O)NC)c1ccc(OC)cc1.Cl. The smallest absolute Gasteiger partial charge is 0.241 e. The van der Waals surface area contributed by atoms with Crippen LogP contribution in [0.4, 0.5) is 0 Å². The number of halogens is 1. The first-order valence-corrected chi connectivity index (χ1v) is 8.33. The molecule has 1 fully saturated rings. The molecule has 0 spiro atoms. The van der Waals surface area contributed by atoms with Crippen molar-refractivity contribution in [3.63, 3.8) is 0 Å². The molecule has 1 saturated heterocycles. The van der Waals surface area contributed by atoms with E-state index in [0.29, 0.717) is 6.54 Å². The lowest BCUT2D eigenvalue weighted by atomic mass is 10.0. The highest BCUT2D eigenvalue weighted by molar-refractivity contribution is 5.86. The van der Waals surface area contributed by atoms with Crippen molar-refractivity contribution in [2.45, 2.75) is 24.9 Å². The standard InChI is InChI=1S/C19H25N3O3.ClH/c1-5-12-21(3)19(24)16-7-6-13-22(16)17(18(23)20-2)14-8-10-15(25-4)11-9-14;/h1,8-11,16-17H,6-7,12-13H2,2-4H3,(H,20,23);1H/t16-,17+;/m0./s1. The molecule has 0 aliphatic carbocycles. The minimum Gasteiger partial charge on any atom is -0.497 e. The first-order valence-electron chi connectivity index (χ1n) is 8.33. The van der Waals surface area contributed by atoms with Crippen molar-refractivity contribution in [2.75, 3.05) is 34.3 Å². The molecule has 6 nitrogen and oxygen atoms in total. The molecule has 26 heavy (non-hydrogen) atoms. The Hall–Kier alpha value is -2.23. The first-order chi connectivity index (χ1) is 12.0. The van der Waals surface area contributed by atoms with Gasteiger partial charge in [0.05, 0.1) is 19.7 Å². The Morgan fingerprint density at radius 1 is 1.42 bits per heavy atom. The summed E-state index contributed by atoms with van der Waals surface area (Å²) < 4.78 is 5.19. The molecule has 1 aliphatic rings. The minimum absolute atomic E-state index is 0. The number of amides is 2. The van der Waals surface area contributed by atoms with Crippen LogP contribution < -0.4 is 10.1 Å². The van der Waals surface area contributed by atoms with E-state index < -0.39 is 6.04 Å². The Morgan fingerprint density at radius 3 is 2.62 bits per heavy atom. The first kappa shape index (κ1) is 21.8. The van der Waals surface area contributed by atoms with Gasteiger partial charge >= 0.3 is 0 Å². The van der Waals surface area contributed by atoms with E-state index >= 15 is 0 Å². The fraction of sp³-hybridized carbons (Fsp3) is 0.474. The fourth-order valence-corrected chi connectivity index (χ4v) is 3.25. The van der Waals surface area contributed by atoms with Crippen molar-refractivity contribution in [1.29, 1.82) is 0 Å². The van der Waals surface area contributed by atoms with E-state index in [9.17, 15) is 9.59 Å². The van der Waals surface area contributed by atoms with Crippen molar-refractivity contribution in [2.24, 2.45) is 0 Å². The Kier molecular flexibility index (Phi) is 8.43. The molecular weight excluding hydrogens is 354 g/mol. The number of carbonyl (C=O) groups is 2. The maximum Gasteiger partial charge on any atom is 0.241 e. The summed E-state index contributed by atoms with van der Waals surface area (Å²) in [4.78, 5) is 28.8. The van der Waals surface area contributed by atoms with Crippen LogP contribution in [-0.2, 0) is 9.59 Å². The van der Waals surface area contributed by atoms with Crippen molar-refractivity contribution in [3.8, 4) is 18.1 Å². The lowest BCUT2D eigenvalue weighted by Crippen LogP contribution is -2.48. The number of benzene rings is 1. The topological polar surface area (TPSA) is 61.9 Å². The van der Waals surface area contributed by atoms with E-state index in [0.717, 1.165) is 24.2 Å². The molecule has 0 aromatic heterocycles. The maximum atomic E-state index is 12.7. The zero-order valence-electron chi connectivity index (χ0n) is 15.4. The Labute approximate surface area is 161 Å². The number of nitrogens with zero attached hydrogens (tertiary/aromatic N) is 2. The van der Waals surface area contributed by atoms with Crippen molar-refractivity contribution < 1.29 is 14.3 Å². The number of hydrogen-bond acceptors (Lipinski definition) is 4. The highest BCUT2D eigenvalue weighted by Gasteiger charge is 2.40. The van der Waals surface area contributed by atoms with Gasteiger partial charge in [0.15, 0.2) is 0 Å². The van der Waals surface area contributed by atoms with E-state index in [1.54, 1.807) is 21.2 Å². The van der Waals surface area contributed by atoms with Crippen LogP contribution in [0.1, 0.15) is 24.4 Å². The van der Waals surface area contributed by atoms with Gasteiger partial charge in [-0.2, -0.15) is 0 Å². The third-order valence-electron chi connectivity index (χ3n) is 4.54. The van der Waals surface area contributed by atoms with Crippen LogP contribution in [0.3, 0.4) is 0 Å². The van der Waals surface area contributed by atoms with E-state index in [2.05, 4.69) is 11.2 Å². The van der Waals surface area contributed by atoms with Gasteiger partial charge in [0, 0.05) is 20.6 Å². The number of likely N-dealkylation sites (tertiary alicyclic amines) is 1. The normalized spacial score (nSPS) is 17.5. The Bertz CT molecular complexity index is 657. The van der Waals surface area contributed by atoms with Gasteiger partial charge in [0.1, 0.15) is 11.8 Å². The van der Waals surface area contributed by atoms with Crippen LogP contribution in [0.25, 0.3) is 0 Å². The molecule has 0 unspecified atom stereocenters. The maximum absolute atomic E-state index is 12.7. The van der Waals surface area contributed by atoms with Gasteiger partial charge in [0.2, 0.25) is 11.8 Å². The molecule has 1 aromatic rings. The summed E-state index contributed by atoms with van der Waals surface area (Å²) in [6.45, 7) is 0.945. The second-order valence-electron chi connectivity index (χ2n) is 6.08. The summed E-state index contributed by atoms with van der Waals surface area (Å²) in [7, 11) is 4.90. The summed E-state index contributed by atoms with van der Waals surface area (Å²) in [5.41, 5.74) is 0.833. The molecule has 2 rings (SSSR count). The summed E-state index contributed by atoms with van der Waals surface area (Å²) in [5.74, 6) is 3.03.